The van der Waals surface area contributed by atoms with E-state index in [-0.39, 0.29) is 5.91 Å². The van der Waals surface area contributed by atoms with Crippen LogP contribution in [0.3, 0.4) is 0 Å². The van der Waals surface area contributed by atoms with Crippen LogP contribution >= 0.6 is 0 Å². The van der Waals surface area contributed by atoms with Gasteiger partial charge >= 0.3 is 0 Å². The molecule has 1 aliphatic rings. The van der Waals surface area contributed by atoms with Crippen molar-refractivity contribution in [3.8, 4) is 0 Å². The second-order valence-electron chi connectivity index (χ2n) is 5.25. The fourth-order valence-corrected chi connectivity index (χ4v) is 2.78. The molecule has 2 aromatic heterocycles. The van der Waals surface area contributed by atoms with E-state index in [1.807, 2.05) is 23.1 Å². The SMILES string of the molecule is O=C(c1ccc2cn[nH]c2n1)N1CCc2ccccc2C1. The van der Waals surface area contributed by atoms with Crippen LogP contribution in [0.25, 0.3) is 11.0 Å². The Hall–Kier alpha value is -2.69. The van der Waals surface area contributed by atoms with Crippen molar-refractivity contribution >= 4 is 16.9 Å². The number of hydrogen-bond donors (Lipinski definition) is 1. The Morgan fingerprint density at radius 3 is 2.90 bits per heavy atom. The molecule has 0 saturated heterocycles. The number of amides is 1. The third-order valence-electron chi connectivity index (χ3n) is 3.94. The highest BCUT2D eigenvalue weighted by Gasteiger charge is 2.22. The van der Waals surface area contributed by atoms with Crippen molar-refractivity contribution in [3.63, 3.8) is 0 Å². The minimum Gasteiger partial charge on any atom is -0.333 e. The molecule has 0 bridgehead atoms. The van der Waals surface area contributed by atoms with Crippen molar-refractivity contribution in [2.75, 3.05) is 6.54 Å². The van der Waals surface area contributed by atoms with Crippen molar-refractivity contribution in [3.05, 3.63) is 59.4 Å². The van der Waals surface area contributed by atoms with Gasteiger partial charge in [0.25, 0.3) is 5.91 Å². The number of aromatic nitrogens is 3. The van der Waals surface area contributed by atoms with Crippen molar-refractivity contribution in [2.24, 2.45) is 0 Å². The van der Waals surface area contributed by atoms with E-state index >= 15 is 0 Å². The predicted octanol–water partition coefficient (Wildman–Crippen LogP) is 2.16. The van der Waals surface area contributed by atoms with Crippen LogP contribution < -0.4 is 0 Å². The molecule has 21 heavy (non-hydrogen) atoms. The molecule has 0 saturated carbocycles. The standard InChI is InChI=1S/C16H14N4O/c21-16(14-6-5-12-9-17-19-15(12)18-14)20-8-7-11-3-1-2-4-13(11)10-20/h1-6,9H,7-8,10H2,(H,17,18,19). The Bertz CT molecular complexity index is 824. The first-order valence-corrected chi connectivity index (χ1v) is 6.97. The van der Waals surface area contributed by atoms with Gasteiger partial charge in [0, 0.05) is 18.5 Å². The van der Waals surface area contributed by atoms with Gasteiger partial charge in [0.1, 0.15) is 5.69 Å². The van der Waals surface area contributed by atoms with Gasteiger partial charge in [0.2, 0.25) is 0 Å². The zero-order valence-electron chi connectivity index (χ0n) is 11.4. The van der Waals surface area contributed by atoms with Crippen molar-refractivity contribution in [1.82, 2.24) is 20.1 Å². The third-order valence-corrected chi connectivity index (χ3v) is 3.94. The van der Waals surface area contributed by atoms with Gasteiger partial charge < -0.3 is 4.90 Å². The van der Waals surface area contributed by atoms with Crippen LogP contribution in [0.1, 0.15) is 21.6 Å². The van der Waals surface area contributed by atoms with Gasteiger partial charge in [-0.05, 0) is 29.7 Å². The minimum atomic E-state index is -0.0268. The molecule has 5 heteroatoms. The summed E-state index contributed by atoms with van der Waals surface area (Å²) in [5.74, 6) is -0.0268. The normalized spacial score (nSPS) is 14.2. The number of H-pyrrole nitrogens is 1. The molecule has 1 aromatic carbocycles. The molecule has 0 unspecified atom stereocenters. The van der Waals surface area contributed by atoms with Gasteiger partial charge in [-0.2, -0.15) is 5.10 Å². The number of hydrogen-bond acceptors (Lipinski definition) is 3. The minimum absolute atomic E-state index is 0.0268. The first-order chi connectivity index (χ1) is 10.3. The number of aromatic amines is 1. The van der Waals surface area contributed by atoms with Crippen molar-refractivity contribution in [2.45, 2.75) is 13.0 Å². The monoisotopic (exact) mass is 278 g/mol. The predicted molar refractivity (Wildman–Crippen MR) is 78.8 cm³/mol. The Morgan fingerprint density at radius 1 is 1.14 bits per heavy atom. The summed E-state index contributed by atoms with van der Waals surface area (Å²) in [4.78, 5) is 18.8. The second-order valence-corrected chi connectivity index (χ2v) is 5.25. The van der Waals surface area contributed by atoms with E-state index in [1.165, 1.54) is 11.1 Å². The van der Waals surface area contributed by atoms with Crippen molar-refractivity contribution < 1.29 is 4.79 Å². The molecule has 0 radical (unpaired) electrons. The van der Waals surface area contributed by atoms with E-state index in [1.54, 1.807) is 12.3 Å². The summed E-state index contributed by atoms with van der Waals surface area (Å²) < 4.78 is 0. The lowest BCUT2D eigenvalue weighted by atomic mass is 10.00. The number of carbonyl (C=O) groups is 1. The molecule has 5 nitrogen and oxygen atoms in total. The average Bonchev–Trinajstić information content (AvgIpc) is 3.01. The highest BCUT2D eigenvalue weighted by molar-refractivity contribution is 5.94. The lowest BCUT2D eigenvalue weighted by Gasteiger charge is -2.28. The zero-order valence-corrected chi connectivity index (χ0v) is 11.4. The fourth-order valence-electron chi connectivity index (χ4n) is 2.78. The maximum Gasteiger partial charge on any atom is 0.272 e. The van der Waals surface area contributed by atoms with E-state index < -0.39 is 0 Å². The molecular weight excluding hydrogens is 264 g/mol. The number of fused-ring (bicyclic) bond motifs is 2. The van der Waals surface area contributed by atoms with Crippen molar-refractivity contribution in [1.29, 1.82) is 0 Å². The van der Waals surface area contributed by atoms with E-state index in [0.29, 0.717) is 17.9 Å². The molecule has 104 valence electrons. The number of rotatable bonds is 1. The maximum atomic E-state index is 12.6. The summed E-state index contributed by atoms with van der Waals surface area (Å²) in [7, 11) is 0. The number of nitrogens with one attached hydrogen (secondary N) is 1. The first kappa shape index (κ1) is 12.1. The van der Waals surface area contributed by atoms with Crippen LogP contribution in [0, 0.1) is 0 Å². The van der Waals surface area contributed by atoms with E-state index in [9.17, 15) is 4.79 Å². The highest BCUT2D eigenvalue weighted by atomic mass is 16.2. The lowest BCUT2D eigenvalue weighted by molar-refractivity contribution is 0.0729. The largest absolute Gasteiger partial charge is 0.333 e. The molecule has 1 amide bonds. The van der Waals surface area contributed by atoms with E-state index in [0.717, 1.165) is 18.4 Å². The topological polar surface area (TPSA) is 61.9 Å². The smallest absolute Gasteiger partial charge is 0.272 e. The summed E-state index contributed by atoms with van der Waals surface area (Å²) in [5.41, 5.74) is 3.67. The van der Waals surface area contributed by atoms with Gasteiger partial charge in [0.15, 0.2) is 5.65 Å². The second kappa shape index (κ2) is 4.70. The molecular formula is C16H14N4O. The first-order valence-electron chi connectivity index (χ1n) is 6.97. The molecule has 3 heterocycles. The van der Waals surface area contributed by atoms with Crippen LogP contribution in [-0.4, -0.2) is 32.5 Å². The quantitative estimate of drug-likeness (QED) is 0.742. The highest BCUT2D eigenvalue weighted by Crippen LogP contribution is 2.20. The van der Waals surface area contributed by atoms with E-state index in [2.05, 4.69) is 27.3 Å². The third kappa shape index (κ3) is 2.07. The lowest BCUT2D eigenvalue weighted by Crippen LogP contribution is -2.36. The van der Waals surface area contributed by atoms with Crippen LogP contribution in [0.5, 0.6) is 0 Å². The Labute approximate surface area is 121 Å². The molecule has 3 aromatic rings. The molecule has 4 rings (SSSR count). The maximum absolute atomic E-state index is 12.6. The summed E-state index contributed by atoms with van der Waals surface area (Å²) in [5, 5.41) is 7.65. The number of benzene rings is 1. The molecule has 0 atom stereocenters. The van der Waals surface area contributed by atoms with Crippen LogP contribution in [0.2, 0.25) is 0 Å². The van der Waals surface area contributed by atoms with Gasteiger partial charge in [0.05, 0.1) is 6.20 Å². The molecule has 1 N–H and O–H groups in total. The average molecular weight is 278 g/mol. The van der Waals surface area contributed by atoms with E-state index in [4.69, 9.17) is 0 Å². The molecule has 1 aliphatic heterocycles. The molecule has 0 fully saturated rings. The van der Waals surface area contributed by atoms with Gasteiger partial charge in [-0.25, -0.2) is 4.98 Å². The Balaban J connectivity index is 1.63. The fraction of sp³-hybridized carbons (Fsp3) is 0.188. The summed E-state index contributed by atoms with van der Waals surface area (Å²) in [6, 6.07) is 11.9. The van der Waals surface area contributed by atoms with Crippen LogP contribution in [0.4, 0.5) is 0 Å². The van der Waals surface area contributed by atoms with Crippen LogP contribution in [0.15, 0.2) is 42.6 Å². The molecule has 0 spiro atoms. The van der Waals surface area contributed by atoms with Gasteiger partial charge in [-0.1, -0.05) is 24.3 Å². The molecule has 0 aliphatic carbocycles. The Kier molecular flexibility index (Phi) is 2.70. The Morgan fingerprint density at radius 2 is 2.00 bits per heavy atom. The number of carbonyl (C=O) groups excluding carboxylic acids is 1. The number of pyridine rings is 1. The van der Waals surface area contributed by atoms with Gasteiger partial charge in [-0.3, -0.25) is 9.89 Å². The van der Waals surface area contributed by atoms with Crippen LogP contribution in [-0.2, 0) is 13.0 Å². The summed E-state index contributed by atoms with van der Waals surface area (Å²) >= 11 is 0. The van der Waals surface area contributed by atoms with Gasteiger partial charge in [-0.15, -0.1) is 0 Å². The number of nitrogens with zero attached hydrogens (tertiary/aromatic N) is 3. The zero-order chi connectivity index (χ0) is 14.2. The summed E-state index contributed by atoms with van der Waals surface area (Å²) in [6.45, 7) is 1.39. The summed E-state index contributed by atoms with van der Waals surface area (Å²) in [6.07, 6.45) is 2.60.